The second-order valence-corrected chi connectivity index (χ2v) is 7.78. The third kappa shape index (κ3) is 3.46. The predicted molar refractivity (Wildman–Crippen MR) is 105 cm³/mol. The van der Waals surface area contributed by atoms with E-state index in [9.17, 15) is 28.3 Å². The van der Waals surface area contributed by atoms with Gasteiger partial charge in [0.1, 0.15) is 17.2 Å². The fraction of sp³-hybridized carbons (Fsp3) is 0.381. The molecule has 31 heavy (non-hydrogen) atoms. The summed E-state index contributed by atoms with van der Waals surface area (Å²) in [6.45, 7) is 1.74. The van der Waals surface area contributed by atoms with Crippen molar-refractivity contribution in [1.29, 1.82) is 0 Å². The number of ether oxygens (including phenoxy) is 1. The molecule has 1 aromatic carbocycles. The van der Waals surface area contributed by atoms with Gasteiger partial charge in [-0.2, -0.15) is 0 Å². The van der Waals surface area contributed by atoms with E-state index in [0.29, 0.717) is 18.6 Å². The summed E-state index contributed by atoms with van der Waals surface area (Å²) >= 11 is 0. The van der Waals surface area contributed by atoms with E-state index in [1.807, 2.05) is 0 Å². The molecule has 0 saturated carbocycles. The third-order valence-electron chi connectivity index (χ3n) is 5.83. The molecule has 10 heteroatoms. The van der Waals surface area contributed by atoms with Gasteiger partial charge in [0.2, 0.25) is 5.43 Å². The Morgan fingerprint density at radius 2 is 1.94 bits per heavy atom. The van der Waals surface area contributed by atoms with Crippen molar-refractivity contribution in [3.8, 4) is 5.75 Å². The van der Waals surface area contributed by atoms with Crippen LogP contribution in [0.4, 0.5) is 8.78 Å². The van der Waals surface area contributed by atoms with E-state index in [2.05, 4.69) is 5.32 Å². The van der Waals surface area contributed by atoms with Gasteiger partial charge in [0, 0.05) is 32.0 Å². The molecule has 1 saturated heterocycles. The van der Waals surface area contributed by atoms with Crippen molar-refractivity contribution < 1.29 is 28.2 Å². The summed E-state index contributed by atoms with van der Waals surface area (Å²) in [5, 5.41) is 12.7. The molecule has 0 radical (unpaired) electrons. The Kier molecular flexibility index (Phi) is 5.26. The SMILES string of the molecule is Cc1cc(F)c(CNC(=O)c2cn3c(c(O)c2=O)C(=O)N(C)[C@@H]2CCOC[C@@H]23)c(F)c1. The molecular weight excluding hydrogens is 412 g/mol. The number of pyridine rings is 1. The minimum absolute atomic E-state index is 0.216. The number of benzene rings is 1. The number of fused-ring (bicyclic) bond motifs is 3. The summed E-state index contributed by atoms with van der Waals surface area (Å²) in [7, 11) is 1.59. The number of carbonyl (C=O) groups is 2. The van der Waals surface area contributed by atoms with Crippen molar-refractivity contribution >= 4 is 11.8 Å². The lowest BCUT2D eigenvalue weighted by Crippen LogP contribution is -2.53. The first kappa shape index (κ1) is 21.0. The largest absolute Gasteiger partial charge is 0.503 e. The van der Waals surface area contributed by atoms with Crippen LogP contribution in [0.2, 0.25) is 0 Å². The molecule has 2 aliphatic heterocycles. The number of aromatic hydroxyl groups is 1. The van der Waals surface area contributed by atoms with E-state index in [1.165, 1.54) is 22.6 Å². The molecule has 0 spiro atoms. The van der Waals surface area contributed by atoms with Gasteiger partial charge < -0.3 is 24.6 Å². The van der Waals surface area contributed by atoms with Crippen molar-refractivity contribution in [2.24, 2.45) is 0 Å². The first-order valence-electron chi connectivity index (χ1n) is 9.76. The van der Waals surface area contributed by atoms with Gasteiger partial charge in [0.05, 0.1) is 18.7 Å². The molecule has 1 aromatic heterocycles. The average Bonchev–Trinajstić information content (AvgIpc) is 2.73. The van der Waals surface area contributed by atoms with Crippen molar-refractivity contribution in [3.63, 3.8) is 0 Å². The Bertz CT molecular complexity index is 1120. The van der Waals surface area contributed by atoms with Gasteiger partial charge in [-0.3, -0.25) is 14.4 Å². The maximum Gasteiger partial charge on any atom is 0.274 e. The number of carbonyl (C=O) groups excluding carboxylic acids is 2. The third-order valence-corrected chi connectivity index (χ3v) is 5.83. The van der Waals surface area contributed by atoms with Crippen LogP contribution in [0.1, 0.15) is 44.4 Å². The molecule has 3 heterocycles. The smallest absolute Gasteiger partial charge is 0.274 e. The van der Waals surface area contributed by atoms with Crippen LogP contribution in [-0.4, -0.2) is 52.7 Å². The van der Waals surface area contributed by atoms with Crippen LogP contribution in [0, 0.1) is 18.6 Å². The normalized spacial score (nSPS) is 20.3. The number of hydrogen-bond acceptors (Lipinski definition) is 5. The Morgan fingerprint density at radius 1 is 1.26 bits per heavy atom. The number of aryl methyl sites for hydroxylation is 1. The average molecular weight is 433 g/mol. The van der Waals surface area contributed by atoms with Gasteiger partial charge in [-0.25, -0.2) is 8.78 Å². The summed E-state index contributed by atoms with van der Waals surface area (Å²) in [5.74, 6) is -3.94. The first-order chi connectivity index (χ1) is 14.7. The number of likely N-dealkylation sites (N-methyl/N-ethyl adjacent to an activating group) is 1. The quantitative estimate of drug-likeness (QED) is 0.764. The number of amides is 2. The molecule has 164 valence electrons. The second-order valence-electron chi connectivity index (χ2n) is 7.78. The number of halogens is 2. The van der Waals surface area contributed by atoms with Gasteiger partial charge in [-0.05, 0) is 31.0 Å². The summed E-state index contributed by atoms with van der Waals surface area (Å²) in [5.41, 5.74) is -1.64. The highest BCUT2D eigenvalue weighted by molar-refractivity contribution is 5.99. The zero-order chi connectivity index (χ0) is 22.4. The zero-order valence-corrected chi connectivity index (χ0v) is 16.9. The molecular formula is C21H21F2N3O5. The maximum atomic E-state index is 14.0. The second kappa shape index (κ2) is 7.77. The number of nitrogens with zero attached hydrogens (tertiary/aromatic N) is 2. The van der Waals surface area contributed by atoms with Gasteiger partial charge >= 0.3 is 0 Å². The van der Waals surface area contributed by atoms with Gasteiger partial charge in [0.25, 0.3) is 11.8 Å². The lowest BCUT2D eigenvalue weighted by Gasteiger charge is -2.44. The number of hydrogen-bond donors (Lipinski definition) is 2. The molecule has 2 N–H and O–H groups in total. The van der Waals surface area contributed by atoms with Crippen LogP contribution < -0.4 is 10.7 Å². The van der Waals surface area contributed by atoms with E-state index in [0.717, 1.165) is 12.1 Å². The van der Waals surface area contributed by atoms with E-state index in [4.69, 9.17) is 4.74 Å². The Hall–Kier alpha value is -3.27. The monoisotopic (exact) mass is 433 g/mol. The maximum absolute atomic E-state index is 14.0. The standard InChI is InChI=1S/C21H21F2N3O5/c1-10-5-13(22)11(14(23)6-10)7-24-20(29)12-8-26-16-9-31-4-3-15(16)25(2)21(30)17(26)19(28)18(12)27/h5-6,8,15-16,28H,3-4,7,9H2,1-2H3,(H,24,29)/t15-,16+/m1/s1. The van der Waals surface area contributed by atoms with Crippen molar-refractivity contribution in [1.82, 2.24) is 14.8 Å². The Balaban J connectivity index is 1.69. The zero-order valence-electron chi connectivity index (χ0n) is 16.9. The van der Waals surface area contributed by atoms with Gasteiger partial charge in [-0.15, -0.1) is 0 Å². The minimum atomic E-state index is -1.04. The lowest BCUT2D eigenvalue weighted by molar-refractivity contribution is -0.00800. The van der Waals surface area contributed by atoms with Crippen LogP contribution in [-0.2, 0) is 11.3 Å². The molecule has 2 aromatic rings. The topological polar surface area (TPSA) is 101 Å². The fourth-order valence-corrected chi connectivity index (χ4v) is 4.16. The molecule has 1 fully saturated rings. The van der Waals surface area contributed by atoms with Crippen molar-refractivity contribution in [3.05, 3.63) is 62.6 Å². The highest BCUT2D eigenvalue weighted by atomic mass is 19.1. The van der Waals surface area contributed by atoms with Gasteiger partial charge in [0.15, 0.2) is 11.4 Å². The number of nitrogens with one attached hydrogen (secondary N) is 1. The lowest BCUT2D eigenvalue weighted by atomic mass is 9.96. The molecule has 2 aliphatic rings. The van der Waals surface area contributed by atoms with E-state index in [-0.39, 0.29) is 23.9 Å². The van der Waals surface area contributed by atoms with E-state index >= 15 is 0 Å². The molecule has 0 bridgehead atoms. The summed E-state index contributed by atoms with van der Waals surface area (Å²) in [4.78, 5) is 39.5. The summed E-state index contributed by atoms with van der Waals surface area (Å²) in [6.07, 6.45) is 1.76. The first-order valence-corrected chi connectivity index (χ1v) is 9.76. The Morgan fingerprint density at radius 3 is 2.61 bits per heavy atom. The Labute approximate surface area is 176 Å². The number of rotatable bonds is 3. The highest BCUT2D eigenvalue weighted by Crippen LogP contribution is 2.33. The van der Waals surface area contributed by atoms with Crippen molar-refractivity contribution in [2.75, 3.05) is 20.3 Å². The molecule has 8 nitrogen and oxygen atoms in total. The van der Waals surface area contributed by atoms with Crippen LogP contribution in [0.25, 0.3) is 0 Å². The predicted octanol–water partition coefficient (Wildman–Crippen LogP) is 1.49. The van der Waals surface area contributed by atoms with E-state index < -0.39 is 52.8 Å². The van der Waals surface area contributed by atoms with E-state index in [1.54, 1.807) is 7.05 Å². The van der Waals surface area contributed by atoms with Gasteiger partial charge in [-0.1, -0.05) is 0 Å². The highest BCUT2D eigenvalue weighted by Gasteiger charge is 2.42. The molecule has 2 atom stereocenters. The molecule has 4 rings (SSSR count). The summed E-state index contributed by atoms with van der Waals surface area (Å²) < 4.78 is 35.0. The molecule has 0 unspecified atom stereocenters. The van der Waals surface area contributed by atoms with Crippen LogP contribution in [0.3, 0.4) is 0 Å². The molecule has 0 aliphatic carbocycles. The van der Waals surface area contributed by atoms with Crippen LogP contribution in [0.15, 0.2) is 23.1 Å². The molecule has 2 amide bonds. The minimum Gasteiger partial charge on any atom is -0.503 e. The summed E-state index contributed by atoms with van der Waals surface area (Å²) in [6, 6.07) is 1.66. The fourth-order valence-electron chi connectivity index (χ4n) is 4.16. The number of aromatic nitrogens is 1. The van der Waals surface area contributed by atoms with Crippen molar-refractivity contribution in [2.45, 2.75) is 32.0 Å². The van der Waals surface area contributed by atoms with Crippen LogP contribution in [0.5, 0.6) is 5.75 Å². The van der Waals surface area contributed by atoms with Crippen LogP contribution >= 0.6 is 0 Å².